The molecule has 2 saturated heterocycles. The van der Waals surface area contributed by atoms with E-state index < -0.39 is 0 Å². The summed E-state index contributed by atoms with van der Waals surface area (Å²) in [5.74, 6) is 2.52. The van der Waals surface area contributed by atoms with Gasteiger partial charge in [0.05, 0.1) is 6.54 Å². The molecule has 0 saturated carbocycles. The van der Waals surface area contributed by atoms with Crippen molar-refractivity contribution in [1.29, 1.82) is 0 Å². The first-order valence-electron chi connectivity index (χ1n) is 11.4. The second-order valence-corrected chi connectivity index (χ2v) is 9.75. The molecule has 1 N–H and O–H groups in total. The van der Waals surface area contributed by atoms with Crippen molar-refractivity contribution < 1.29 is 4.79 Å². The van der Waals surface area contributed by atoms with Gasteiger partial charge < -0.3 is 5.32 Å². The molecular weight excluding hydrogens is 404 g/mol. The third-order valence-corrected chi connectivity index (χ3v) is 6.96. The number of anilines is 1. The van der Waals surface area contributed by atoms with E-state index >= 15 is 0 Å². The van der Waals surface area contributed by atoms with Crippen molar-refractivity contribution in [2.24, 2.45) is 0 Å². The molecule has 0 unspecified atom stereocenters. The van der Waals surface area contributed by atoms with E-state index in [9.17, 15) is 4.79 Å². The third kappa shape index (κ3) is 7.35. The minimum Gasteiger partial charge on any atom is -0.325 e. The number of nitrogens with zero attached hydrogens (tertiary/aromatic N) is 3. The van der Waals surface area contributed by atoms with Crippen molar-refractivity contribution in [2.45, 2.75) is 19.5 Å². The van der Waals surface area contributed by atoms with Gasteiger partial charge in [-0.15, -0.1) is 0 Å². The van der Waals surface area contributed by atoms with Crippen molar-refractivity contribution in [2.75, 3.05) is 62.6 Å². The molecule has 2 aromatic rings. The quantitative estimate of drug-likeness (QED) is 0.718. The normalized spacial score (nSPS) is 19.1. The maximum atomic E-state index is 12.7. The lowest BCUT2D eigenvalue weighted by molar-refractivity contribution is -0.117. The van der Waals surface area contributed by atoms with E-state index in [-0.39, 0.29) is 5.91 Å². The summed E-state index contributed by atoms with van der Waals surface area (Å²) < 4.78 is 0. The Hall–Kier alpha value is -1.86. The third-order valence-electron chi connectivity index (χ3n) is 6.02. The van der Waals surface area contributed by atoms with Gasteiger partial charge in [0.25, 0.3) is 0 Å². The van der Waals surface area contributed by atoms with Crippen LogP contribution in [0.1, 0.15) is 17.5 Å². The molecule has 0 radical (unpaired) electrons. The summed E-state index contributed by atoms with van der Waals surface area (Å²) in [6.07, 6.45) is 1.10. The van der Waals surface area contributed by atoms with E-state index in [1.54, 1.807) is 0 Å². The molecule has 0 bridgehead atoms. The Kier molecular flexibility index (Phi) is 8.41. The van der Waals surface area contributed by atoms with Crippen molar-refractivity contribution >= 4 is 23.4 Å². The van der Waals surface area contributed by atoms with Crippen LogP contribution in [0, 0.1) is 0 Å². The van der Waals surface area contributed by atoms with Crippen LogP contribution in [0.25, 0.3) is 0 Å². The van der Waals surface area contributed by atoms with Crippen molar-refractivity contribution in [3.05, 3.63) is 65.7 Å². The fourth-order valence-electron chi connectivity index (χ4n) is 4.35. The van der Waals surface area contributed by atoms with Crippen LogP contribution in [0.4, 0.5) is 5.69 Å². The highest BCUT2D eigenvalue weighted by molar-refractivity contribution is 7.99. The fraction of sp³-hybridized carbons (Fsp3) is 0.480. The molecule has 0 atom stereocenters. The van der Waals surface area contributed by atoms with E-state index in [2.05, 4.69) is 68.5 Å². The average Bonchev–Trinajstić information content (AvgIpc) is 3.00. The van der Waals surface area contributed by atoms with Gasteiger partial charge in [0.1, 0.15) is 0 Å². The second kappa shape index (κ2) is 11.7. The van der Waals surface area contributed by atoms with Gasteiger partial charge in [0.15, 0.2) is 0 Å². The van der Waals surface area contributed by atoms with Gasteiger partial charge in [0, 0.05) is 56.5 Å². The second-order valence-electron chi connectivity index (χ2n) is 8.53. The molecule has 4 rings (SSSR count). The van der Waals surface area contributed by atoms with Gasteiger partial charge >= 0.3 is 0 Å². The van der Waals surface area contributed by atoms with Gasteiger partial charge in [-0.05, 0) is 42.8 Å². The Morgan fingerprint density at radius 2 is 1.45 bits per heavy atom. The van der Waals surface area contributed by atoms with Crippen LogP contribution in [-0.2, 0) is 17.9 Å². The first-order valence-corrected chi connectivity index (χ1v) is 12.6. The van der Waals surface area contributed by atoms with E-state index in [0.717, 1.165) is 64.5 Å². The maximum absolute atomic E-state index is 12.7. The van der Waals surface area contributed by atoms with Crippen LogP contribution in [0.5, 0.6) is 0 Å². The molecule has 0 aromatic heterocycles. The average molecular weight is 439 g/mol. The zero-order valence-electron chi connectivity index (χ0n) is 18.3. The predicted molar refractivity (Wildman–Crippen MR) is 130 cm³/mol. The summed E-state index contributed by atoms with van der Waals surface area (Å²) in [5, 5.41) is 3.12. The Bertz CT molecular complexity index is 825. The fourth-order valence-corrected chi connectivity index (χ4v) is 5.33. The lowest BCUT2D eigenvalue weighted by atomic mass is 10.2. The standard InChI is InChI=1S/C25H34N4OS/c30-25(26-24-9-4-8-23(18-24)20-29-14-16-31-17-15-29)21-28-11-5-10-27(12-13-28)19-22-6-2-1-3-7-22/h1-4,6-9,18H,5,10-17,19-21H2,(H,26,30). The first kappa shape index (κ1) is 22.3. The lowest BCUT2D eigenvalue weighted by Crippen LogP contribution is -2.36. The molecule has 166 valence electrons. The highest BCUT2D eigenvalue weighted by Crippen LogP contribution is 2.16. The summed E-state index contributed by atoms with van der Waals surface area (Å²) in [4.78, 5) is 20.0. The molecule has 2 heterocycles. The van der Waals surface area contributed by atoms with Crippen molar-refractivity contribution in [3.63, 3.8) is 0 Å². The van der Waals surface area contributed by atoms with E-state index in [4.69, 9.17) is 0 Å². The van der Waals surface area contributed by atoms with Crippen LogP contribution in [0.3, 0.4) is 0 Å². The first-order chi connectivity index (χ1) is 15.2. The van der Waals surface area contributed by atoms with Crippen molar-refractivity contribution in [3.8, 4) is 0 Å². The summed E-state index contributed by atoms with van der Waals surface area (Å²) in [6.45, 7) is 8.73. The van der Waals surface area contributed by atoms with Crippen LogP contribution in [-0.4, -0.2) is 77.9 Å². The van der Waals surface area contributed by atoms with Gasteiger partial charge in [-0.25, -0.2) is 0 Å². The molecule has 2 fully saturated rings. The van der Waals surface area contributed by atoms with Crippen LogP contribution in [0.2, 0.25) is 0 Å². The van der Waals surface area contributed by atoms with Gasteiger partial charge in [-0.2, -0.15) is 11.8 Å². The van der Waals surface area contributed by atoms with Gasteiger partial charge in [0.2, 0.25) is 5.91 Å². The number of carbonyl (C=O) groups is 1. The van der Waals surface area contributed by atoms with E-state index in [1.165, 1.54) is 22.6 Å². The van der Waals surface area contributed by atoms with Gasteiger partial charge in [-0.3, -0.25) is 19.5 Å². The largest absolute Gasteiger partial charge is 0.325 e. The minimum atomic E-state index is 0.0861. The predicted octanol–water partition coefficient (Wildman–Crippen LogP) is 3.38. The molecule has 1 amide bonds. The number of rotatable bonds is 7. The Balaban J connectivity index is 1.23. The number of carbonyl (C=O) groups excluding carboxylic acids is 1. The van der Waals surface area contributed by atoms with Crippen LogP contribution < -0.4 is 5.32 Å². The van der Waals surface area contributed by atoms with E-state index in [1.807, 2.05) is 17.8 Å². The van der Waals surface area contributed by atoms with Crippen molar-refractivity contribution in [1.82, 2.24) is 14.7 Å². The molecule has 31 heavy (non-hydrogen) atoms. The molecule has 2 aliphatic rings. The zero-order chi connectivity index (χ0) is 21.3. The smallest absolute Gasteiger partial charge is 0.238 e. The zero-order valence-corrected chi connectivity index (χ0v) is 19.2. The summed E-state index contributed by atoms with van der Waals surface area (Å²) in [5.41, 5.74) is 3.54. The highest BCUT2D eigenvalue weighted by Gasteiger charge is 2.17. The summed E-state index contributed by atoms with van der Waals surface area (Å²) in [7, 11) is 0. The number of hydrogen-bond acceptors (Lipinski definition) is 5. The summed E-state index contributed by atoms with van der Waals surface area (Å²) >= 11 is 2.03. The number of thioether (sulfide) groups is 1. The topological polar surface area (TPSA) is 38.8 Å². The molecule has 2 aliphatic heterocycles. The summed E-state index contributed by atoms with van der Waals surface area (Å²) in [6, 6.07) is 19.0. The minimum absolute atomic E-state index is 0.0861. The Morgan fingerprint density at radius 3 is 2.29 bits per heavy atom. The van der Waals surface area contributed by atoms with E-state index in [0.29, 0.717) is 6.54 Å². The molecule has 2 aromatic carbocycles. The monoisotopic (exact) mass is 438 g/mol. The number of benzene rings is 2. The van der Waals surface area contributed by atoms with Gasteiger partial charge in [-0.1, -0.05) is 42.5 Å². The van der Waals surface area contributed by atoms with Crippen LogP contribution in [0.15, 0.2) is 54.6 Å². The Labute approximate surface area is 190 Å². The highest BCUT2D eigenvalue weighted by atomic mass is 32.2. The van der Waals surface area contributed by atoms with Crippen LogP contribution >= 0.6 is 11.8 Å². The molecule has 0 spiro atoms. The molecule has 5 nitrogen and oxygen atoms in total. The SMILES string of the molecule is O=C(CN1CCCN(Cc2ccccc2)CC1)Nc1cccc(CN2CCSCC2)c1. The Morgan fingerprint density at radius 1 is 0.774 bits per heavy atom. The maximum Gasteiger partial charge on any atom is 0.238 e. The lowest BCUT2D eigenvalue weighted by Gasteiger charge is -2.26. The molecule has 0 aliphatic carbocycles. The molecule has 6 heteroatoms. The number of hydrogen-bond donors (Lipinski definition) is 1. The number of nitrogens with one attached hydrogen (secondary N) is 1. The number of amides is 1. The molecular formula is C25H34N4OS.